The van der Waals surface area contributed by atoms with Crippen molar-refractivity contribution in [2.45, 2.75) is 19.9 Å². The Morgan fingerprint density at radius 2 is 1.97 bits per heavy atom. The van der Waals surface area contributed by atoms with E-state index in [0.717, 1.165) is 5.56 Å². The maximum Gasteiger partial charge on any atom is 0.335 e. The number of amides is 1. The Balaban J connectivity index is 1.50. The molecule has 192 valence electrons. The Labute approximate surface area is 221 Å². The first kappa shape index (κ1) is 24.8. The maximum atomic E-state index is 13.5. The minimum atomic E-state index is -1.14. The lowest BCUT2D eigenvalue weighted by molar-refractivity contribution is -0.113. The van der Waals surface area contributed by atoms with E-state index < -0.39 is 17.9 Å². The molecule has 0 radical (unpaired) electrons. The number of pyridine rings is 1. The van der Waals surface area contributed by atoms with Crippen LogP contribution in [0.15, 0.2) is 75.4 Å². The van der Waals surface area contributed by atoms with E-state index in [1.165, 1.54) is 18.3 Å². The fraction of sp³-hybridized carbons (Fsp3) is 0.115. The molecule has 5 rings (SSSR count). The zero-order chi connectivity index (χ0) is 27.0. The molecule has 2 aromatic carbocycles. The second kappa shape index (κ2) is 9.87. The van der Waals surface area contributed by atoms with Crippen molar-refractivity contribution in [1.29, 1.82) is 0 Å². The van der Waals surface area contributed by atoms with Gasteiger partial charge in [0.15, 0.2) is 5.58 Å². The fourth-order valence-electron chi connectivity index (χ4n) is 4.05. The number of halogens is 1. The van der Waals surface area contributed by atoms with E-state index in [2.05, 4.69) is 25.9 Å². The smallest absolute Gasteiger partial charge is 0.335 e. The third-order valence-electron chi connectivity index (χ3n) is 5.86. The molecule has 1 atom stereocenters. The van der Waals surface area contributed by atoms with Crippen LogP contribution < -0.4 is 21.7 Å². The van der Waals surface area contributed by atoms with Crippen LogP contribution in [0.3, 0.4) is 0 Å². The quantitative estimate of drug-likeness (QED) is 0.233. The highest BCUT2D eigenvalue weighted by Crippen LogP contribution is 2.36. The second-order valence-electron chi connectivity index (χ2n) is 8.60. The monoisotopic (exact) mass is 531 g/mol. The zero-order valence-corrected chi connectivity index (χ0v) is 21.0. The number of oxazole rings is 1. The second-order valence-corrected chi connectivity index (χ2v) is 9.00. The van der Waals surface area contributed by atoms with Gasteiger partial charge in [0.05, 0.1) is 16.8 Å². The number of nitrogens with zero attached hydrogens (tertiary/aromatic N) is 3. The predicted molar refractivity (Wildman–Crippen MR) is 144 cm³/mol. The molecule has 4 aromatic rings. The van der Waals surface area contributed by atoms with Crippen molar-refractivity contribution in [1.82, 2.24) is 15.3 Å². The first-order chi connectivity index (χ1) is 18.2. The number of para-hydroxylation sites is 1. The van der Waals surface area contributed by atoms with Crippen molar-refractivity contribution < 1.29 is 19.1 Å². The van der Waals surface area contributed by atoms with Crippen LogP contribution in [-0.2, 0) is 4.79 Å². The number of fused-ring (bicyclic) bond motifs is 1. The number of anilines is 3. The van der Waals surface area contributed by atoms with Crippen molar-refractivity contribution >= 4 is 58.1 Å². The van der Waals surface area contributed by atoms with E-state index in [1.807, 2.05) is 13.0 Å². The van der Waals surface area contributed by atoms with E-state index in [0.29, 0.717) is 33.1 Å². The van der Waals surface area contributed by atoms with Gasteiger partial charge in [-0.05, 0) is 49.7 Å². The molecular weight excluding hydrogens is 510 g/mol. The van der Waals surface area contributed by atoms with Crippen molar-refractivity contribution in [2.75, 3.05) is 16.4 Å². The van der Waals surface area contributed by atoms with Crippen LogP contribution in [0.4, 0.5) is 17.5 Å². The van der Waals surface area contributed by atoms with Gasteiger partial charge in [0.2, 0.25) is 5.96 Å². The summed E-state index contributed by atoms with van der Waals surface area (Å²) in [6, 6.07) is 12.7. The summed E-state index contributed by atoms with van der Waals surface area (Å²) >= 11 is 6.59. The molecule has 11 nitrogen and oxygen atoms in total. The predicted octanol–water partition coefficient (Wildman–Crippen LogP) is 4.49. The van der Waals surface area contributed by atoms with Gasteiger partial charge in [-0.3, -0.25) is 10.1 Å². The number of aryl methyl sites for hydroxylation is 1. The molecule has 0 fully saturated rings. The Hall–Kier alpha value is -4.90. The van der Waals surface area contributed by atoms with Gasteiger partial charge in [0, 0.05) is 22.5 Å². The van der Waals surface area contributed by atoms with Crippen LogP contribution in [0, 0.1) is 6.92 Å². The van der Waals surface area contributed by atoms with Crippen molar-refractivity contribution in [3.8, 4) is 0 Å². The lowest BCUT2D eigenvalue weighted by Crippen LogP contribution is -2.37. The number of guanidine groups is 1. The van der Waals surface area contributed by atoms with Crippen LogP contribution in [0.25, 0.3) is 11.1 Å². The maximum absolute atomic E-state index is 13.5. The minimum Gasteiger partial charge on any atom is -0.478 e. The van der Waals surface area contributed by atoms with Crippen molar-refractivity contribution in [2.24, 2.45) is 4.99 Å². The fourth-order valence-corrected chi connectivity index (χ4v) is 4.39. The average molecular weight is 532 g/mol. The molecule has 3 heterocycles. The van der Waals surface area contributed by atoms with Gasteiger partial charge in [0.1, 0.15) is 17.4 Å². The highest BCUT2D eigenvalue weighted by molar-refractivity contribution is 6.31. The molecule has 1 aliphatic rings. The van der Waals surface area contributed by atoms with E-state index in [9.17, 15) is 14.7 Å². The number of aromatic nitrogens is 2. The van der Waals surface area contributed by atoms with Gasteiger partial charge in [0.25, 0.3) is 5.91 Å². The van der Waals surface area contributed by atoms with Gasteiger partial charge in [-0.2, -0.15) is 4.98 Å². The third kappa shape index (κ3) is 4.87. The first-order valence-electron chi connectivity index (χ1n) is 11.4. The molecule has 1 aliphatic heterocycles. The number of nitrogen functional groups attached to an aromatic ring is 1. The van der Waals surface area contributed by atoms with E-state index >= 15 is 0 Å². The summed E-state index contributed by atoms with van der Waals surface area (Å²) in [5, 5.41) is 18.4. The van der Waals surface area contributed by atoms with Gasteiger partial charge in [-0.25, -0.2) is 14.8 Å². The van der Waals surface area contributed by atoms with E-state index in [1.54, 1.807) is 37.3 Å². The number of carbonyl (C=O) groups excluding carboxylic acids is 1. The van der Waals surface area contributed by atoms with Gasteiger partial charge in [-0.15, -0.1) is 0 Å². The number of hydrogen-bond acceptors (Lipinski definition) is 9. The molecule has 0 saturated heterocycles. The van der Waals surface area contributed by atoms with Crippen LogP contribution in [0.1, 0.15) is 34.5 Å². The van der Waals surface area contributed by atoms with Gasteiger partial charge >= 0.3 is 12.0 Å². The van der Waals surface area contributed by atoms with Crippen molar-refractivity contribution in [3.05, 3.63) is 87.7 Å². The topological polar surface area (TPSA) is 168 Å². The van der Waals surface area contributed by atoms with Gasteiger partial charge < -0.3 is 25.9 Å². The standard InChI is InChI=1S/C26H22ClN7O4/c1-12-6-7-15(16(27)10-12)21-20(23(35)32-19-11-14(24(36)37)8-9-29-19)13(2)30-25(33-21)34-26-31-18-5-3-4-17(28)22(18)38-26/h3-11,21H,28H2,1-2H3,(H,36,37)(H,29,32,35)(H2,30,31,33,34). The molecule has 2 aromatic heterocycles. The molecule has 6 N–H and O–H groups in total. The molecular formula is C26H22ClN7O4. The Bertz CT molecular complexity index is 1660. The number of nitrogens with one attached hydrogen (secondary N) is 3. The summed E-state index contributed by atoms with van der Waals surface area (Å²) < 4.78 is 5.76. The highest BCUT2D eigenvalue weighted by atomic mass is 35.5. The lowest BCUT2D eigenvalue weighted by Gasteiger charge is -2.27. The van der Waals surface area contributed by atoms with Crippen molar-refractivity contribution in [3.63, 3.8) is 0 Å². The molecule has 1 amide bonds. The Kier molecular flexibility index (Phi) is 6.43. The number of carboxylic acid groups (broad SMARTS) is 1. The number of carbonyl (C=O) groups is 2. The van der Waals surface area contributed by atoms with Crippen LogP contribution in [-0.4, -0.2) is 32.9 Å². The molecule has 0 spiro atoms. The Morgan fingerprint density at radius 3 is 2.71 bits per heavy atom. The van der Waals surface area contributed by atoms with Crippen LogP contribution in [0.5, 0.6) is 0 Å². The average Bonchev–Trinajstić information content (AvgIpc) is 3.27. The van der Waals surface area contributed by atoms with E-state index in [4.69, 9.17) is 26.7 Å². The van der Waals surface area contributed by atoms with Crippen LogP contribution in [0.2, 0.25) is 5.02 Å². The molecule has 0 aliphatic carbocycles. The summed E-state index contributed by atoms with van der Waals surface area (Å²) in [4.78, 5) is 38.0. The number of aliphatic imine (C=N–C) groups is 1. The number of hydrogen-bond donors (Lipinski definition) is 5. The lowest BCUT2D eigenvalue weighted by atomic mass is 9.95. The molecule has 0 bridgehead atoms. The summed E-state index contributed by atoms with van der Waals surface area (Å²) in [7, 11) is 0. The number of rotatable bonds is 5. The normalized spacial score (nSPS) is 15.1. The minimum absolute atomic E-state index is 0.00983. The summed E-state index contributed by atoms with van der Waals surface area (Å²) in [6.45, 7) is 3.62. The van der Waals surface area contributed by atoms with Gasteiger partial charge in [-0.1, -0.05) is 29.8 Å². The third-order valence-corrected chi connectivity index (χ3v) is 6.18. The summed E-state index contributed by atoms with van der Waals surface area (Å²) in [6.07, 6.45) is 1.31. The number of aromatic carboxylic acids is 1. The molecule has 0 saturated carbocycles. The van der Waals surface area contributed by atoms with E-state index in [-0.39, 0.29) is 28.9 Å². The first-order valence-corrected chi connectivity index (χ1v) is 11.8. The molecule has 38 heavy (non-hydrogen) atoms. The highest BCUT2D eigenvalue weighted by Gasteiger charge is 2.31. The molecule has 12 heteroatoms. The Morgan fingerprint density at radius 1 is 1.16 bits per heavy atom. The number of allylic oxidation sites excluding steroid dienone is 1. The largest absolute Gasteiger partial charge is 0.478 e. The summed E-state index contributed by atoms with van der Waals surface area (Å²) in [5.41, 5.74) is 9.72. The SMILES string of the molecule is CC1=C(C(=O)Nc2cc(C(=O)O)ccn2)C(c2ccc(C)cc2Cl)N=C(Nc2nc3cccc(N)c3o2)N1. The summed E-state index contributed by atoms with van der Waals surface area (Å²) in [5.74, 6) is -1.30. The molecule has 1 unspecified atom stereocenters. The zero-order valence-electron chi connectivity index (χ0n) is 20.2. The van der Waals surface area contributed by atoms with Crippen LogP contribution >= 0.6 is 11.6 Å². The number of benzene rings is 2. The number of carboxylic acids is 1. The number of nitrogens with two attached hydrogens (primary N) is 1.